The maximum Gasteiger partial charge on any atom is 0.251 e. The molecule has 2 rings (SSSR count). The molecule has 0 fully saturated rings. The second-order valence-electron chi connectivity index (χ2n) is 4.57. The molecule has 0 atom stereocenters. The molecular weight excluding hydrogens is 250 g/mol. The summed E-state index contributed by atoms with van der Waals surface area (Å²) in [6, 6.07) is 11.5. The van der Waals surface area contributed by atoms with Crippen LogP contribution in [0.3, 0.4) is 0 Å². The normalized spacial score (nSPS) is 10.1. The van der Waals surface area contributed by atoms with Gasteiger partial charge in [0.1, 0.15) is 5.82 Å². The number of rotatable bonds is 5. The van der Waals surface area contributed by atoms with Gasteiger partial charge >= 0.3 is 0 Å². The summed E-state index contributed by atoms with van der Waals surface area (Å²) in [5.74, 6) is 0.630. The monoisotopic (exact) mass is 269 g/mol. The van der Waals surface area contributed by atoms with Crippen molar-refractivity contribution in [2.24, 2.45) is 0 Å². The molecule has 2 aromatic rings. The lowest BCUT2D eigenvalue weighted by Gasteiger charge is -2.09. The lowest BCUT2D eigenvalue weighted by molar-refractivity contribution is 0.0951. The van der Waals surface area contributed by atoms with Crippen LogP contribution < -0.4 is 10.6 Å². The molecule has 20 heavy (non-hydrogen) atoms. The highest BCUT2D eigenvalue weighted by Gasteiger charge is 2.07. The third kappa shape index (κ3) is 3.57. The molecule has 2 N–H and O–H groups in total. The number of amides is 1. The molecule has 1 heterocycles. The van der Waals surface area contributed by atoms with E-state index in [9.17, 15) is 4.79 Å². The third-order valence-electron chi connectivity index (χ3n) is 3.08. The standard InChI is InChI=1S/C16H19N3O/c1-3-17-15-10-13(8-9-18-15)16(20)19-11-14-7-5-4-6-12(14)2/h4-10H,3,11H2,1-2H3,(H,17,18)(H,19,20). The molecule has 0 unspecified atom stereocenters. The van der Waals surface area contributed by atoms with E-state index < -0.39 is 0 Å². The van der Waals surface area contributed by atoms with Gasteiger partial charge in [0.2, 0.25) is 0 Å². The lowest BCUT2D eigenvalue weighted by atomic mass is 10.1. The Bertz CT molecular complexity index is 596. The summed E-state index contributed by atoms with van der Waals surface area (Å²) in [5, 5.41) is 6.03. The van der Waals surface area contributed by atoms with E-state index in [1.807, 2.05) is 38.1 Å². The Balaban J connectivity index is 2.01. The van der Waals surface area contributed by atoms with Crippen LogP contribution in [-0.2, 0) is 6.54 Å². The van der Waals surface area contributed by atoms with Gasteiger partial charge < -0.3 is 10.6 Å². The highest BCUT2D eigenvalue weighted by Crippen LogP contribution is 2.09. The van der Waals surface area contributed by atoms with Crippen molar-refractivity contribution in [3.8, 4) is 0 Å². The molecule has 4 heteroatoms. The van der Waals surface area contributed by atoms with Gasteiger partial charge in [0.25, 0.3) is 5.91 Å². The number of anilines is 1. The Kier molecular flexibility index (Phi) is 4.71. The summed E-state index contributed by atoms with van der Waals surface area (Å²) < 4.78 is 0. The first-order valence-corrected chi connectivity index (χ1v) is 6.73. The van der Waals surface area contributed by atoms with Crippen LogP contribution >= 0.6 is 0 Å². The number of pyridine rings is 1. The fraction of sp³-hybridized carbons (Fsp3) is 0.250. The minimum atomic E-state index is -0.0881. The number of carbonyl (C=O) groups is 1. The van der Waals surface area contributed by atoms with Crippen molar-refractivity contribution < 1.29 is 4.79 Å². The number of hydrogen-bond donors (Lipinski definition) is 2. The lowest BCUT2D eigenvalue weighted by Crippen LogP contribution is -2.23. The maximum absolute atomic E-state index is 12.1. The number of nitrogens with one attached hydrogen (secondary N) is 2. The van der Waals surface area contributed by atoms with Gasteiger partial charge in [-0.3, -0.25) is 4.79 Å². The predicted molar refractivity (Wildman–Crippen MR) is 80.7 cm³/mol. The number of hydrogen-bond acceptors (Lipinski definition) is 3. The molecule has 0 aliphatic carbocycles. The molecule has 0 radical (unpaired) electrons. The smallest absolute Gasteiger partial charge is 0.251 e. The SMILES string of the molecule is CCNc1cc(C(=O)NCc2ccccc2C)ccn1. The van der Waals surface area contributed by atoms with E-state index >= 15 is 0 Å². The predicted octanol–water partition coefficient (Wildman–Crippen LogP) is 2.75. The Hall–Kier alpha value is -2.36. The summed E-state index contributed by atoms with van der Waals surface area (Å²) in [5.41, 5.74) is 2.92. The highest BCUT2D eigenvalue weighted by molar-refractivity contribution is 5.94. The second-order valence-corrected chi connectivity index (χ2v) is 4.57. The van der Waals surface area contributed by atoms with Gasteiger partial charge in [-0.1, -0.05) is 24.3 Å². The molecule has 1 aromatic heterocycles. The van der Waals surface area contributed by atoms with Crippen LogP contribution in [0.5, 0.6) is 0 Å². The average Bonchev–Trinajstić information content (AvgIpc) is 2.47. The number of nitrogens with zero attached hydrogens (tertiary/aromatic N) is 1. The zero-order valence-corrected chi connectivity index (χ0v) is 11.8. The van der Waals surface area contributed by atoms with E-state index in [1.165, 1.54) is 5.56 Å². The topological polar surface area (TPSA) is 54.0 Å². The van der Waals surface area contributed by atoms with Gasteiger partial charge in [0.15, 0.2) is 0 Å². The van der Waals surface area contributed by atoms with Crippen LogP contribution in [0.1, 0.15) is 28.4 Å². The molecule has 104 valence electrons. The second kappa shape index (κ2) is 6.70. The Morgan fingerprint density at radius 1 is 1.25 bits per heavy atom. The van der Waals surface area contributed by atoms with Crippen molar-refractivity contribution in [2.45, 2.75) is 20.4 Å². The zero-order valence-electron chi connectivity index (χ0n) is 11.8. The molecule has 0 bridgehead atoms. The van der Waals surface area contributed by atoms with Crippen LogP contribution in [0.4, 0.5) is 5.82 Å². The number of aromatic nitrogens is 1. The molecular formula is C16H19N3O. The van der Waals surface area contributed by atoms with Crippen LogP contribution in [0.15, 0.2) is 42.6 Å². The first-order valence-electron chi connectivity index (χ1n) is 6.73. The number of benzene rings is 1. The number of aryl methyl sites for hydroxylation is 1. The van der Waals surface area contributed by atoms with Gasteiger partial charge in [-0.05, 0) is 37.1 Å². The molecule has 0 saturated carbocycles. The van der Waals surface area contributed by atoms with Gasteiger partial charge in [-0.2, -0.15) is 0 Å². The summed E-state index contributed by atoms with van der Waals surface area (Å²) in [4.78, 5) is 16.3. The van der Waals surface area contributed by atoms with Crippen LogP contribution in [0.25, 0.3) is 0 Å². The minimum absolute atomic E-state index is 0.0881. The van der Waals surface area contributed by atoms with Crippen molar-refractivity contribution in [2.75, 3.05) is 11.9 Å². The third-order valence-corrected chi connectivity index (χ3v) is 3.08. The maximum atomic E-state index is 12.1. The van der Waals surface area contributed by atoms with Crippen LogP contribution in [0, 0.1) is 6.92 Å². The van der Waals surface area contributed by atoms with Crippen molar-refractivity contribution in [1.29, 1.82) is 0 Å². The Morgan fingerprint density at radius 3 is 2.80 bits per heavy atom. The Morgan fingerprint density at radius 2 is 2.05 bits per heavy atom. The van der Waals surface area contributed by atoms with Crippen LogP contribution in [-0.4, -0.2) is 17.4 Å². The van der Waals surface area contributed by atoms with Crippen molar-refractivity contribution in [3.05, 3.63) is 59.3 Å². The van der Waals surface area contributed by atoms with Crippen molar-refractivity contribution in [1.82, 2.24) is 10.3 Å². The van der Waals surface area contributed by atoms with E-state index in [1.54, 1.807) is 18.3 Å². The molecule has 0 aliphatic heterocycles. The summed E-state index contributed by atoms with van der Waals surface area (Å²) in [6.45, 7) is 5.34. The van der Waals surface area contributed by atoms with Crippen molar-refractivity contribution >= 4 is 11.7 Å². The molecule has 0 spiro atoms. The van der Waals surface area contributed by atoms with E-state index in [0.717, 1.165) is 17.9 Å². The van der Waals surface area contributed by atoms with E-state index in [2.05, 4.69) is 15.6 Å². The van der Waals surface area contributed by atoms with Crippen molar-refractivity contribution in [3.63, 3.8) is 0 Å². The van der Waals surface area contributed by atoms with E-state index in [4.69, 9.17) is 0 Å². The van der Waals surface area contributed by atoms with Crippen LogP contribution in [0.2, 0.25) is 0 Å². The van der Waals surface area contributed by atoms with Gasteiger partial charge in [0, 0.05) is 24.8 Å². The van der Waals surface area contributed by atoms with Gasteiger partial charge in [0.05, 0.1) is 0 Å². The highest BCUT2D eigenvalue weighted by atomic mass is 16.1. The molecule has 1 aromatic carbocycles. The minimum Gasteiger partial charge on any atom is -0.370 e. The summed E-state index contributed by atoms with van der Waals surface area (Å²) in [6.07, 6.45) is 1.64. The first kappa shape index (κ1) is 14.1. The molecule has 1 amide bonds. The largest absolute Gasteiger partial charge is 0.370 e. The molecule has 0 aliphatic rings. The molecule has 0 saturated heterocycles. The van der Waals surface area contributed by atoms with Gasteiger partial charge in [-0.15, -0.1) is 0 Å². The number of carbonyl (C=O) groups excluding carboxylic acids is 1. The average molecular weight is 269 g/mol. The zero-order chi connectivity index (χ0) is 14.4. The fourth-order valence-electron chi connectivity index (χ4n) is 1.94. The molecule has 4 nitrogen and oxygen atoms in total. The Labute approximate surface area is 119 Å². The van der Waals surface area contributed by atoms with E-state index in [0.29, 0.717) is 12.1 Å². The summed E-state index contributed by atoms with van der Waals surface area (Å²) >= 11 is 0. The summed E-state index contributed by atoms with van der Waals surface area (Å²) in [7, 11) is 0. The van der Waals surface area contributed by atoms with E-state index in [-0.39, 0.29) is 5.91 Å². The quantitative estimate of drug-likeness (QED) is 0.877. The fourth-order valence-corrected chi connectivity index (χ4v) is 1.94. The van der Waals surface area contributed by atoms with Gasteiger partial charge in [-0.25, -0.2) is 4.98 Å². The first-order chi connectivity index (χ1) is 9.70.